The third-order valence-electron chi connectivity index (χ3n) is 4.47. The average molecular weight is 372 g/mol. The van der Waals surface area contributed by atoms with E-state index in [1.807, 2.05) is 6.07 Å². The molecule has 7 heteroatoms. The Morgan fingerprint density at radius 2 is 2.04 bits per heavy atom. The lowest BCUT2D eigenvalue weighted by atomic mass is 9.96. The number of hydrogen-bond donors (Lipinski definition) is 2. The highest BCUT2D eigenvalue weighted by atomic mass is 35.5. The van der Waals surface area contributed by atoms with Gasteiger partial charge >= 0.3 is 5.97 Å². The number of nitrogens with two attached hydrogens (primary N) is 1. The topological polar surface area (TPSA) is 98.2 Å². The maximum Gasteiger partial charge on any atom is 0.303 e. The summed E-state index contributed by atoms with van der Waals surface area (Å²) < 4.78 is 1.53. The Kier molecular flexibility index (Phi) is 4.70. The van der Waals surface area contributed by atoms with E-state index in [4.69, 9.17) is 22.4 Å². The normalized spacial score (nSPS) is 11.0. The van der Waals surface area contributed by atoms with Gasteiger partial charge in [0, 0.05) is 30.1 Å². The van der Waals surface area contributed by atoms with Crippen molar-refractivity contribution in [2.24, 2.45) is 7.05 Å². The lowest BCUT2D eigenvalue weighted by molar-refractivity contribution is -0.136. The number of rotatable bonds is 4. The Bertz CT molecular complexity index is 1090. The zero-order valence-electron chi connectivity index (χ0n) is 14.4. The van der Waals surface area contributed by atoms with Gasteiger partial charge in [-0.15, -0.1) is 0 Å². The number of aromatic nitrogens is 2. The number of fused-ring (bicyclic) bond motifs is 1. The summed E-state index contributed by atoms with van der Waals surface area (Å²) in [5.74, 6) is -0.560. The molecule has 134 valence electrons. The molecule has 0 aliphatic rings. The van der Waals surface area contributed by atoms with Crippen molar-refractivity contribution in [2.75, 3.05) is 5.73 Å². The number of pyridine rings is 2. The van der Waals surface area contributed by atoms with Crippen molar-refractivity contribution in [3.63, 3.8) is 0 Å². The Morgan fingerprint density at radius 1 is 1.31 bits per heavy atom. The van der Waals surface area contributed by atoms with E-state index in [2.05, 4.69) is 4.98 Å². The number of benzene rings is 1. The van der Waals surface area contributed by atoms with Crippen LogP contribution in [-0.2, 0) is 18.3 Å². The molecule has 2 aromatic heterocycles. The quantitative estimate of drug-likeness (QED) is 0.734. The minimum atomic E-state index is -0.874. The van der Waals surface area contributed by atoms with Crippen molar-refractivity contribution in [2.45, 2.75) is 19.8 Å². The highest BCUT2D eigenvalue weighted by molar-refractivity contribution is 6.33. The maximum atomic E-state index is 12.8. The fourth-order valence-electron chi connectivity index (χ4n) is 2.98. The minimum Gasteiger partial charge on any atom is -0.481 e. The molecule has 0 radical (unpaired) electrons. The number of carboxylic acid groups (broad SMARTS) is 1. The number of aliphatic carboxylic acids is 1. The fraction of sp³-hybridized carbons (Fsp3) is 0.211. The molecule has 3 aromatic rings. The van der Waals surface area contributed by atoms with Crippen molar-refractivity contribution in [1.82, 2.24) is 9.55 Å². The van der Waals surface area contributed by atoms with Gasteiger partial charge in [-0.1, -0.05) is 23.7 Å². The number of aryl methyl sites for hydroxylation is 2. The monoisotopic (exact) mass is 371 g/mol. The fourth-order valence-corrected chi connectivity index (χ4v) is 3.32. The molecule has 1 aromatic carbocycles. The van der Waals surface area contributed by atoms with Crippen LogP contribution in [0.1, 0.15) is 17.7 Å². The van der Waals surface area contributed by atoms with Crippen molar-refractivity contribution in [3.8, 4) is 11.1 Å². The predicted octanol–water partition coefficient (Wildman–Crippen LogP) is 3.16. The van der Waals surface area contributed by atoms with Crippen LogP contribution in [0.4, 0.5) is 5.82 Å². The molecule has 0 bridgehead atoms. The molecular weight excluding hydrogens is 354 g/mol. The maximum absolute atomic E-state index is 12.8. The summed E-state index contributed by atoms with van der Waals surface area (Å²) in [4.78, 5) is 28.1. The van der Waals surface area contributed by atoms with Crippen LogP contribution in [0.25, 0.3) is 22.0 Å². The highest BCUT2D eigenvalue weighted by Gasteiger charge is 2.17. The first-order chi connectivity index (χ1) is 12.3. The van der Waals surface area contributed by atoms with Gasteiger partial charge in [0.1, 0.15) is 5.82 Å². The van der Waals surface area contributed by atoms with Crippen LogP contribution < -0.4 is 11.3 Å². The smallest absolute Gasteiger partial charge is 0.303 e. The zero-order chi connectivity index (χ0) is 19.0. The molecule has 2 heterocycles. The molecule has 0 amide bonds. The predicted molar refractivity (Wildman–Crippen MR) is 103 cm³/mol. The summed E-state index contributed by atoms with van der Waals surface area (Å²) in [6.45, 7) is 1.81. The van der Waals surface area contributed by atoms with Crippen LogP contribution >= 0.6 is 11.6 Å². The first-order valence-electron chi connectivity index (χ1n) is 8.06. The van der Waals surface area contributed by atoms with Crippen LogP contribution in [0.3, 0.4) is 0 Å². The molecule has 0 saturated heterocycles. The number of halogens is 1. The average Bonchev–Trinajstić information content (AvgIpc) is 2.58. The molecular formula is C19H18ClN3O3. The molecule has 0 aliphatic heterocycles. The Morgan fingerprint density at radius 3 is 2.73 bits per heavy atom. The Labute approximate surface area is 154 Å². The summed E-state index contributed by atoms with van der Waals surface area (Å²) in [7, 11) is 1.68. The number of anilines is 1. The first-order valence-corrected chi connectivity index (χ1v) is 8.43. The van der Waals surface area contributed by atoms with Crippen molar-refractivity contribution in [1.29, 1.82) is 0 Å². The van der Waals surface area contributed by atoms with Crippen molar-refractivity contribution in [3.05, 3.63) is 57.0 Å². The van der Waals surface area contributed by atoms with Crippen LogP contribution in [0.15, 0.2) is 35.1 Å². The molecule has 6 nitrogen and oxygen atoms in total. The largest absolute Gasteiger partial charge is 0.481 e. The van der Waals surface area contributed by atoms with E-state index in [9.17, 15) is 9.59 Å². The highest BCUT2D eigenvalue weighted by Crippen LogP contribution is 2.33. The van der Waals surface area contributed by atoms with E-state index >= 15 is 0 Å². The number of carbonyl (C=O) groups is 1. The molecule has 26 heavy (non-hydrogen) atoms. The lowest BCUT2D eigenvalue weighted by Crippen LogP contribution is -2.21. The van der Waals surface area contributed by atoms with Crippen LogP contribution in [0.2, 0.25) is 5.02 Å². The number of hydrogen-bond acceptors (Lipinski definition) is 4. The third-order valence-corrected chi connectivity index (χ3v) is 4.77. The van der Waals surface area contributed by atoms with Gasteiger partial charge in [-0.25, -0.2) is 4.98 Å². The number of nitrogen functional groups attached to an aromatic ring is 1. The van der Waals surface area contributed by atoms with Gasteiger partial charge in [0.05, 0.1) is 16.1 Å². The summed E-state index contributed by atoms with van der Waals surface area (Å²) in [6.07, 6.45) is 0.364. The molecule has 3 rings (SSSR count). The second-order valence-electron chi connectivity index (χ2n) is 6.17. The van der Waals surface area contributed by atoms with E-state index in [0.29, 0.717) is 33.9 Å². The van der Waals surface area contributed by atoms with E-state index in [0.717, 1.165) is 16.6 Å². The first kappa shape index (κ1) is 17.9. The molecule has 0 aliphatic carbocycles. The number of nitrogens with zero attached hydrogens (tertiary/aromatic N) is 2. The summed E-state index contributed by atoms with van der Waals surface area (Å²) in [5.41, 5.74) is 8.68. The van der Waals surface area contributed by atoms with Crippen LogP contribution in [0, 0.1) is 6.92 Å². The van der Waals surface area contributed by atoms with Gasteiger partial charge in [-0.05, 0) is 37.1 Å². The van der Waals surface area contributed by atoms with Crippen molar-refractivity contribution >= 4 is 34.3 Å². The standard InChI is InChI=1S/C19H18ClN3O3/c1-10-9-14(20)17(19(26)23(10)2)13-5-3-11(4-8-16(24)25)12-6-7-15(21)22-18(12)13/h3,5-7,9H,4,8H2,1-2H3,(H2,21,22)(H,24,25). The summed E-state index contributed by atoms with van der Waals surface area (Å²) in [6, 6.07) is 8.75. The third kappa shape index (κ3) is 3.15. The van der Waals surface area contributed by atoms with Gasteiger partial charge in [0.2, 0.25) is 0 Å². The molecule has 0 fully saturated rings. The van der Waals surface area contributed by atoms with E-state index in [-0.39, 0.29) is 12.0 Å². The molecule has 0 unspecified atom stereocenters. The second-order valence-corrected chi connectivity index (χ2v) is 6.58. The van der Waals surface area contributed by atoms with Crippen LogP contribution in [-0.4, -0.2) is 20.6 Å². The lowest BCUT2D eigenvalue weighted by Gasteiger charge is -2.14. The van der Waals surface area contributed by atoms with Gasteiger partial charge < -0.3 is 15.4 Å². The van der Waals surface area contributed by atoms with Gasteiger partial charge in [0.25, 0.3) is 5.56 Å². The van der Waals surface area contributed by atoms with Gasteiger partial charge in [0.15, 0.2) is 0 Å². The molecule has 3 N–H and O–H groups in total. The Balaban J connectivity index is 2.31. The SMILES string of the molecule is Cc1cc(Cl)c(-c2ccc(CCC(=O)O)c3ccc(N)nc23)c(=O)n1C. The summed E-state index contributed by atoms with van der Waals surface area (Å²) in [5, 5.41) is 10.1. The van der Waals surface area contributed by atoms with E-state index in [1.165, 1.54) is 4.57 Å². The van der Waals surface area contributed by atoms with E-state index in [1.54, 1.807) is 38.2 Å². The zero-order valence-corrected chi connectivity index (χ0v) is 15.2. The number of carboxylic acids is 1. The molecule has 0 spiro atoms. The second kappa shape index (κ2) is 6.80. The molecule has 0 saturated carbocycles. The Hall–Kier alpha value is -2.86. The summed E-state index contributed by atoms with van der Waals surface area (Å²) >= 11 is 6.37. The molecule has 0 atom stereocenters. The van der Waals surface area contributed by atoms with E-state index < -0.39 is 5.97 Å². The van der Waals surface area contributed by atoms with Crippen LogP contribution in [0.5, 0.6) is 0 Å². The minimum absolute atomic E-state index is 0.00583. The van der Waals surface area contributed by atoms with Crippen molar-refractivity contribution < 1.29 is 9.90 Å². The van der Waals surface area contributed by atoms with Gasteiger partial charge in [-0.3, -0.25) is 9.59 Å². The van der Waals surface area contributed by atoms with Gasteiger partial charge in [-0.2, -0.15) is 0 Å².